The number of methoxy groups -OCH3 is 1. The maximum absolute atomic E-state index is 11.7. The minimum absolute atomic E-state index is 0.0880. The smallest absolute Gasteiger partial charge is 0.319 e. The van der Waals surface area contributed by atoms with Crippen LogP contribution in [0.15, 0.2) is 0 Å². The number of rotatable bonds is 4. The summed E-state index contributed by atoms with van der Waals surface area (Å²) in [5.74, 6) is 0. The molecule has 0 aromatic carbocycles. The van der Waals surface area contributed by atoms with E-state index in [1.165, 1.54) is 0 Å². The Morgan fingerprint density at radius 2 is 2.40 bits per heavy atom. The summed E-state index contributed by atoms with van der Waals surface area (Å²) in [5.41, 5.74) is 0. The van der Waals surface area contributed by atoms with Gasteiger partial charge in [0, 0.05) is 26.3 Å². The topological polar surface area (TPSA) is 61.8 Å². The van der Waals surface area contributed by atoms with Gasteiger partial charge in [-0.3, -0.25) is 0 Å². The average Bonchev–Trinajstić information content (AvgIpc) is 2.27. The van der Waals surface area contributed by atoms with Gasteiger partial charge in [0.1, 0.15) is 6.73 Å². The van der Waals surface area contributed by atoms with E-state index < -0.39 is 0 Å². The monoisotopic (exact) mass is 216 g/mol. The van der Waals surface area contributed by atoms with Gasteiger partial charge in [0.15, 0.2) is 0 Å². The number of carbonyl (C=O) groups is 1. The number of amides is 2. The standard InChI is InChI=1S/C10H20N2O3/c1-15-8-11-10(14)12-6-3-2-4-9(12)5-7-13/h9,13H,2-8H2,1H3,(H,11,14). The number of aliphatic hydroxyl groups is 1. The molecule has 0 spiro atoms. The van der Waals surface area contributed by atoms with Gasteiger partial charge in [-0.15, -0.1) is 0 Å². The van der Waals surface area contributed by atoms with Gasteiger partial charge in [0.05, 0.1) is 0 Å². The first-order chi connectivity index (χ1) is 7.29. The minimum Gasteiger partial charge on any atom is -0.396 e. The number of hydrogen-bond donors (Lipinski definition) is 2. The molecule has 2 N–H and O–H groups in total. The van der Waals surface area contributed by atoms with Crippen LogP contribution in [0, 0.1) is 0 Å². The molecule has 15 heavy (non-hydrogen) atoms. The molecule has 0 aliphatic carbocycles. The predicted molar refractivity (Wildman–Crippen MR) is 56.5 cm³/mol. The molecule has 1 unspecified atom stereocenters. The van der Waals surface area contributed by atoms with Crippen molar-refractivity contribution in [3.63, 3.8) is 0 Å². The van der Waals surface area contributed by atoms with Crippen LogP contribution in [0.2, 0.25) is 0 Å². The molecule has 0 aromatic rings. The fourth-order valence-electron chi connectivity index (χ4n) is 1.95. The normalized spacial score (nSPS) is 21.5. The van der Waals surface area contributed by atoms with E-state index in [1.54, 1.807) is 12.0 Å². The molecule has 0 bridgehead atoms. The molecule has 5 nitrogen and oxygen atoms in total. The van der Waals surface area contributed by atoms with E-state index in [-0.39, 0.29) is 25.4 Å². The summed E-state index contributed by atoms with van der Waals surface area (Å²) in [6.07, 6.45) is 3.84. The van der Waals surface area contributed by atoms with Gasteiger partial charge in [-0.05, 0) is 25.7 Å². The van der Waals surface area contributed by atoms with Crippen LogP contribution in [-0.2, 0) is 4.74 Å². The Morgan fingerprint density at radius 1 is 1.60 bits per heavy atom. The van der Waals surface area contributed by atoms with Gasteiger partial charge in [-0.1, -0.05) is 0 Å². The number of likely N-dealkylation sites (tertiary alicyclic amines) is 1. The molecule has 88 valence electrons. The fourth-order valence-corrected chi connectivity index (χ4v) is 1.95. The van der Waals surface area contributed by atoms with Crippen LogP contribution in [0.4, 0.5) is 4.79 Å². The Balaban J connectivity index is 2.43. The number of carbonyl (C=O) groups excluding carboxylic acids is 1. The Morgan fingerprint density at radius 3 is 3.07 bits per heavy atom. The van der Waals surface area contributed by atoms with Crippen LogP contribution >= 0.6 is 0 Å². The number of hydrogen-bond acceptors (Lipinski definition) is 3. The lowest BCUT2D eigenvalue weighted by atomic mass is 10.0. The Hall–Kier alpha value is -0.810. The first-order valence-corrected chi connectivity index (χ1v) is 5.44. The van der Waals surface area contributed by atoms with E-state index in [1.807, 2.05) is 0 Å². The fraction of sp³-hybridized carbons (Fsp3) is 0.900. The Kier molecular flexibility index (Phi) is 5.42. The molecule has 1 aliphatic rings. The molecule has 1 rings (SSSR count). The number of nitrogens with zero attached hydrogens (tertiary/aromatic N) is 1. The van der Waals surface area contributed by atoms with Crippen molar-refractivity contribution in [2.45, 2.75) is 31.7 Å². The Labute approximate surface area is 90.4 Å². The predicted octanol–water partition coefficient (Wildman–Crippen LogP) is 0.537. The third kappa shape index (κ3) is 3.68. The van der Waals surface area contributed by atoms with E-state index in [0.717, 1.165) is 25.8 Å². The lowest BCUT2D eigenvalue weighted by molar-refractivity contribution is 0.116. The van der Waals surface area contributed by atoms with Crippen molar-refractivity contribution in [2.75, 3.05) is 27.0 Å². The zero-order valence-corrected chi connectivity index (χ0v) is 9.24. The van der Waals surface area contributed by atoms with Crippen molar-refractivity contribution < 1.29 is 14.6 Å². The van der Waals surface area contributed by atoms with Crippen LogP contribution in [0.1, 0.15) is 25.7 Å². The second-order valence-electron chi connectivity index (χ2n) is 3.77. The molecule has 1 saturated heterocycles. The van der Waals surface area contributed by atoms with Crippen molar-refractivity contribution >= 4 is 6.03 Å². The number of ether oxygens (including phenoxy) is 1. The first-order valence-electron chi connectivity index (χ1n) is 5.44. The SMILES string of the molecule is COCNC(=O)N1CCCCC1CCO. The van der Waals surface area contributed by atoms with Crippen LogP contribution in [0.3, 0.4) is 0 Å². The lowest BCUT2D eigenvalue weighted by Crippen LogP contribution is -2.49. The summed E-state index contributed by atoms with van der Waals surface area (Å²) in [6, 6.07) is 0.0932. The van der Waals surface area contributed by atoms with E-state index in [4.69, 9.17) is 9.84 Å². The molecule has 0 radical (unpaired) electrons. The van der Waals surface area contributed by atoms with Gasteiger partial charge >= 0.3 is 6.03 Å². The maximum Gasteiger partial charge on any atom is 0.319 e. The molecule has 1 fully saturated rings. The van der Waals surface area contributed by atoms with E-state index in [2.05, 4.69) is 5.32 Å². The largest absolute Gasteiger partial charge is 0.396 e. The van der Waals surface area contributed by atoms with Gasteiger partial charge in [0.2, 0.25) is 0 Å². The maximum atomic E-state index is 11.7. The molecule has 0 aromatic heterocycles. The molecule has 1 atom stereocenters. The summed E-state index contributed by atoms with van der Waals surface area (Å²) in [4.78, 5) is 13.5. The molecular weight excluding hydrogens is 196 g/mol. The van der Waals surface area contributed by atoms with Crippen LogP contribution in [-0.4, -0.2) is 49.1 Å². The number of piperidine rings is 1. The van der Waals surface area contributed by atoms with Crippen LogP contribution in [0.25, 0.3) is 0 Å². The van der Waals surface area contributed by atoms with Crippen molar-refractivity contribution in [1.29, 1.82) is 0 Å². The first kappa shape index (κ1) is 12.3. The minimum atomic E-state index is -0.0880. The van der Waals surface area contributed by atoms with E-state index >= 15 is 0 Å². The molecule has 1 heterocycles. The summed E-state index contributed by atoms with van der Waals surface area (Å²) >= 11 is 0. The summed E-state index contributed by atoms with van der Waals surface area (Å²) in [7, 11) is 1.54. The third-order valence-corrected chi connectivity index (χ3v) is 2.72. The highest BCUT2D eigenvalue weighted by Crippen LogP contribution is 2.19. The van der Waals surface area contributed by atoms with Crippen molar-refractivity contribution in [1.82, 2.24) is 10.2 Å². The van der Waals surface area contributed by atoms with Crippen LogP contribution < -0.4 is 5.32 Å². The second kappa shape index (κ2) is 6.63. The van der Waals surface area contributed by atoms with E-state index in [0.29, 0.717) is 6.42 Å². The summed E-state index contributed by atoms with van der Waals surface area (Å²) in [5, 5.41) is 11.6. The molecule has 5 heteroatoms. The second-order valence-corrected chi connectivity index (χ2v) is 3.77. The summed E-state index contributed by atoms with van der Waals surface area (Å²) in [6.45, 7) is 1.15. The van der Waals surface area contributed by atoms with Crippen molar-refractivity contribution in [2.24, 2.45) is 0 Å². The number of aliphatic hydroxyl groups excluding tert-OH is 1. The summed E-state index contributed by atoms with van der Waals surface area (Å²) < 4.78 is 4.79. The van der Waals surface area contributed by atoms with Gasteiger partial charge < -0.3 is 20.1 Å². The molecular formula is C10H20N2O3. The highest BCUT2D eigenvalue weighted by molar-refractivity contribution is 5.74. The lowest BCUT2D eigenvalue weighted by Gasteiger charge is -2.35. The van der Waals surface area contributed by atoms with Gasteiger partial charge in [-0.25, -0.2) is 4.79 Å². The zero-order chi connectivity index (χ0) is 11.1. The molecule has 1 aliphatic heterocycles. The zero-order valence-electron chi connectivity index (χ0n) is 9.24. The van der Waals surface area contributed by atoms with Gasteiger partial charge in [0.25, 0.3) is 0 Å². The third-order valence-electron chi connectivity index (χ3n) is 2.72. The van der Waals surface area contributed by atoms with Crippen molar-refractivity contribution in [3.05, 3.63) is 0 Å². The number of urea groups is 1. The highest BCUT2D eigenvalue weighted by Gasteiger charge is 2.25. The quantitative estimate of drug-likeness (QED) is 0.674. The van der Waals surface area contributed by atoms with E-state index in [9.17, 15) is 4.79 Å². The van der Waals surface area contributed by atoms with Gasteiger partial charge in [-0.2, -0.15) is 0 Å². The highest BCUT2D eigenvalue weighted by atomic mass is 16.5. The molecule has 2 amide bonds. The van der Waals surface area contributed by atoms with Crippen molar-refractivity contribution in [3.8, 4) is 0 Å². The molecule has 0 saturated carbocycles. The van der Waals surface area contributed by atoms with Crippen LogP contribution in [0.5, 0.6) is 0 Å². The Bertz CT molecular complexity index is 197. The average molecular weight is 216 g/mol. The number of nitrogens with one attached hydrogen (secondary N) is 1.